The lowest BCUT2D eigenvalue weighted by atomic mass is 9.98. The normalized spacial score (nSPS) is 27.6. The molecule has 9 nitrogen and oxygen atoms in total. The van der Waals surface area contributed by atoms with Crippen molar-refractivity contribution in [2.75, 3.05) is 19.0 Å². The third kappa shape index (κ3) is 3.75. The molecule has 0 aromatic heterocycles. The van der Waals surface area contributed by atoms with E-state index in [2.05, 4.69) is 5.32 Å². The van der Waals surface area contributed by atoms with E-state index in [9.17, 15) is 29.4 Å². The smallest absolute Gasteiger partial charge is 0.327 e. The van der Waals surface area contributed by atoms with Gasteiger partial charge in [0.05, 0.1) is 17.7 Å². The van der Waals surface area contributed by atoms with Crippen LogP contribution < -0.4 is 5.32 Å². The van der Waals surface area contributed by atoms with Gasteiger partial charge < -0.3 is 25.3 Å². The highest BCUT2D eigenvalue weighted by atomic mass is 32.3. The fourth-order valence-corrected chi connectivity index (χ4v) is 8.97. The number of carbonyl (C=O) groups excluding carboxylic acids is 3. The number of carboxylic acids is 1. The minimum Gasteiger partial charge on any atom is -0.480 e. The first kappa shape index (κ1) is 24.1. The number of hydrogen-bond donors (Lipinski definition) is 3. The van der Waals surface area contributed by atoms with Crippen LogP contribution in [0.1, 0.15) is 39.2 Å². The molecular weight excluding hydrogens is 434 g/mol. The summed E-state index contributed by atoms with van der Waals surface area (Å²) in [5, 5.41) is 22.1. The second-order valence-electron chi connectivity index (χ2n) is 8.68. The lowest BCUT2D eigenvalue weighted by Gasteiger charge is -2.50. The van der Waals surface area contributed by atoms with Crippen LogP contribution in [0.15, 0.2) is 30.3 Å². The second-order valence-corrected chi connectivity index (χ2v) is 12.5. The highest BCUT2D eigenvalue weighted by Crippen LogP contribution is 2.74. The van der Waals surface area contributed by atoms with E-state index in [1.165, 1.54) is 9.80 Å². The minimum absolute atomic E-state index is 0.0239. The number of nitrogens with one attached hydrogen (secondary N) is 1. The molecule has 0 radical (unpaired) electrons. The summed E-state index contributed by atoms with van der Waals surface area (Å²) in [5.41, 5.74) is 0.809. The minimum atomic E-state index is -2.72. The molecule has 2 aliphatic heterocycles. The molecular formula is C22H31N3O6S. The molecule has 0 saturated carbocycles. The molecule has 10 heteroatoms. The summed E-state index contributed by atoms with van der Waals surface area (Å²) in [7, 11) is -2.72. The molecule has 0 bridgehead atoms. The third-order valence-electron chi connectivity index (χ3n) is 6.42. The molecule has 1 aromatic rings. The Balaban J connectivity index is 2.01. The predicted octanol–water partition coefficient (Wildman–Crippen LogP) is 1.69. The number of aliphatic hydroxyl groups is 1. The summed E-state index contributed by atoms with van der Waals surface area (Å²) < 4.78 is -1.17. The van der Waals surface area contributed by atoms with Crippen LogP contribution in [0.3, 0.4) is 0 Å². The number of hydrogen-bond acceptors (Lipinski definition) is 5. The van der Waals surface area contributed by atoms with Gasteiger partial charge in [0.25, 0.3) is 5.24 Å². The Morgan fingerprint density at radius 2 is 1.91 bits per heavy atom. The van der Waals surface area contributed by atoms with Crippen LogP contribution in [0, 0.1) is 0 Å². The molecule has 32 heavy (non-hydrogen) atoms. The van der Waals surface area contributed by atoms with Gasteiger partial charge in [-0.15, -0.1) is 10.0 Å². The maximum absolute atomic E-state index is 14.1. The average Bonchev–Trinajstić information content (AvgIpc) is 2.92. The van der Waals surface area contributed by atoms with Crippen LogP contribution in [0.2, 0.25) is 0 Å². The van der Waals surface area contributed by atoms with Gasteiger partial charge in [0, 0.05) is 17.8 Å². The number of carboxylic acid groups (broad SMARTS) is 1. The van der Waals surface area contributed by atoms with Gasteiger partial charge in [-0.05, 0) is 25.8 Å². The average molecular weight is 466 g/mol. The largest absolute Gasteiger partial charge is 0.480 e. The lowest BCUT2D eigenvalue weighted by molar-refractivity contribution is -0.157. The van der Waals surface area contributed by atoms with Gasteiger partial charge in [-0.25, -0.2) is 4.79 Å². The Hall–Kier alpha value is -2.59. The maximum Gasteiger partial charge on any atom is 0.327 e. The fraction of sp³-hybridized carbons (Fsp3) is 0.545. The van der Waals surface area contributed by atoms with Crippen molar-refractivity contribution in [2.24, 2.45) is 0 Å². The molecule has 1 unspecified atom stereocenters. The SMILES string of the molecule is CCCNC(=O)CN(Cc1ccccc1)C(=O)S1(CO)[C@@H]2CC(=O)N2[C@@H](C(=O)O)C1(C)C. The van der Waals surface area contributed by atoms with Crippen molar-refractivity contribution in [3.8, 4) is 0 Å². The number of fused-ring (bicyclic) bond motifs is 1. The van der Waals surface area contributed by atoms with Gasteiger partial charge in [-0.3, -0.25) is 14.4 Å². The predicted molar refractivity (Wildman–Crippen MR) is 121 cm³/mol. The van der Waals surface area contributed by atoms with Gasteiger partial charge in [-0.2, -0.15) is 0 Å². The van der Waals surface area contributed by atoms with E-state index in [0.717, 1.165) is 12.0 Å². The van der Waals surface area contributed by atoms with E-state index in [1.807, 2.05) is 37.3 Å². The Bertz CT molecular complexity index is 908. The number of carbonyl (C=O) groups is 4. The van der Waals surface area contributed by atoms with Gasteiger partial charge in [0.2, 0.25) is 11.8 Å². The molecule has 1 aromatic carbocycles. The molecule has 2 saturated heterocycles. The number of aliphatic hydroxyl groups excluding tert-OH is 1. The number of benzene rings is 1. The zero-order chi connectivity index (χ0) is 23.7. The lowest BCUT2D eigenvalue weighted by Crippen LogP contribution is -2.57. The maximum atomic E-state index is 14.1. The second kappa shape index (κ2) is 9.11. The van der Waals surface area contributed by atoms with Crippen molar-refractivity contribution in [3.63, 3.8) is 0 Å². The van der Waals surface area contributed by atoms with Crippen molar-refractivity contribution >= 4 is 33.1 Å². The van der Waals surface area contributed by atoms with E-state index in [4.69, 9.17) is 0 Å². The zero-order valence-electron chi connectivity index (χ0n) is 18.6. The molecule has 3 rings (SSSR count). The number of amides is 3. The van der Waals surface area contributed by atoms with E-state index in [1.54, 1.807) is 13.8 Å². The van der Waals surface area contributed by atoms with E-state index in [0.29, 0.717) is 6.54 Å². The Morgan fingerprint density at radius 3 is 2.41 bits per heavy atom. The molecule has 2 heterocycles. The molecule has 3 N–H and O–H groups in total. The summed E-state index contributed by atoms with van der Waals surface area (Å²) in [5.74, 6) is -2.39. The number of rotatable bonds is 8. The Morgan fingerprint density at radius 1 is 1.25 bits per heavy atom. The molecule has 0 aliphatic carbocycles. The first-order valence-corrected chi connectivity index (χ1v) is 12.5. The van der Waals surface area contributed by atoms with Gasteiger partial charge >= 0.3 is 5.97 Å². The van der Waals surface area contributed by atoms with Gasteiger partial charge in [0.1, 0.15) is 12.6 Å². The first-order chi connectivity index (χ1) is 15.1. The van der Waals surface area contributed by atoms with Crippen molar-refractivity contribution in [3.05, 3.63) is 35.9 Å². The monoisotopic (exact) mass is 465 g/mol. The standard InChI is InChI=1S/C22H31N3O6S/c1-4-10-23-16(27)13-24(12-15-8-6-5-7-9-15)21(31)32(14-26)18-11-17(28)25(18)19(20(29)30)22(32,2)3/h5-9,18-19,26H,4,10-14H2,1-3H3,(H,23,27)(H,29,30)/t18-,19+/m1/s1. The molecule has 0 spiro atoms. The summed E-state index contributed by atoms with van der Waals surface area (Å²) in [4.78, 5) is 53.7. The van der Waals surface area contributed by atoms with Crippen molar-refractivity contribution in [2.45, 2.75) is 56.3 Å². The first-order valence-electron chi connectivity index (χ1n) is 10.7. The highest BCUT2D eigenvalue weighted by Gasteiger charge is 2.72. The summed E-state index contributed by atoms with van der Waals surface area (Å²) >= 11 is 0. The summed E-state index contributed by atoms with van der Waals surface area (Å²) in [6.45, 7) is 5.60. The molecule has 2 aliphatic rings. The van der Waals surface area contributed by atoms with Crippen LogP contribution in [-0.2, 0) is 20.9 Å². The van der Waals surface area contributed by atoms with Crippen LogP contribution in [0.5, 0.6) is 0 Å². The Labute approximate surface area is 189 Å². The van der Waals surface area contributed by atoms with Crippen molar-refractivity contribution < 1.29 is 29.4 Å². The van der Waals surface area contributed by atoms with Crippen LogP contribution >= 0.6 is 10.0 Å². The summed E-state index contributed by atoms with van der Waals surface area (Å²) in [6, 6.07) is 7.98. The third-order valence-corrected chi connectivity index (χ3v) is 11.1. The van der Waals surface area contributed by atoms with Gasteiger partial charge in [0.15, 0.2) is 0 Å². The van der Waals surface area contributed by atoms with Crippen molar-refractivity contribution in [1.82, 2.24) is 15.1 Å². The highest BCUT2D eigenvalue weighted by molar-refractivity contribution is 8.46. The molecule has 176 valence electrons. The number of β-lactam (4-membered cyclic amide) rings is 1. The van der Waals surface area contributed by atoms with Crippen molar-refractivity contribution in [1.29, 1.82) is 0 Å². The van der Waals surface area contributed by atoms with Gasteiger partial charge in [-0.1, -0.05) is 37.3 Å². The molecule has 3 amide bonds. The van der Waals surface area contributed by atoms with E-state index < -0.39 is 43.3 Å². The number of nitrogens with zero attached hydrogens (tertiary/aromatic N) is 2. The van der Waals surface area contributed by atoms with Crippen LogP contribution in [0.25, 0.3) is 0 Å². The zero-order valence-corrected chi connectivity index (χ0v) is 19.4. The van der Waals surface area contributed by atoms with Crippen LogP contribution in [0.4, 0.5) is 4.79 Å². The topological polar surface area (TPSA) is 127 Å². The molecule has 2 fully saturated rings. The molecule has 3 atom stereocenters. The summed E-state index contributed by atoms with van der Waals surface area (Å²) in [6.07, 6.45) is 0.771. The van der Waals surface area contributed by atoms with Crippen LogP contribution in [-0.4, -0.2) is 78.2 Å². The van der Waals surface area contributed by atoms with E-state index in [-0.39, 0.29) is 31.3 Å². The number of aliphatic carboxylic acids is 1. The van der Waals surface area contributed by atoms with E-state index >= 15 is 0 Å². The fourth-order valence-electron chi connectivity index (χ4n) is 4.71. The Kier molecular flexibility index (Phi) is 6.85. The quantitative estimate of drug-likeness (QED) is 0.502.